The zero-order valence-corrected chi connectivity index (χ0v) is 28.2. The van der Waals surface area contributed by atoms with E-state index in [4.69, 9.17) is 23.7 Å². The highest BCUT2D eigenvalue weighted by molar-refractivity contribution is 5.99. The molecule has 50 heavy (non-hydrogen) atoms. The summed E-state index contributed by atoms with van der Waals surface area (Å²) in [6.45, 7) is 7.19. The van der Waals surface area contributed by atoms with Crippen LogP contribution in [0.2, 0.25) is 0 Å². The molecule has 5 aliphatic heterocycles. The summed E-state index contributed by atoms with van der Waals surface area (Å²) in [6, 6.07) is 13.3. The molecule has 8 rings (SSSR count). The Bertz CT molecular complexity index is 1780. The van der Waals surface area contributed by atoms with E-state index in [1.807, 2.05) is 0 Å². The quantitative estimate of drug-likeness (QED) is 0.364. The fourth-order valence-electron chi connectivity index (χ4n) is 9.49. The van der Waals surface area contributed by atoms with Crippen LogP contribution in [0.4, 0.5) is 0 Å². The molecule has 2 spiro atoms. The van der Waals surface area contributed by atoms with Gasteiger partial charge >= 0.3 is 17.9 Å². The molecule has 0 bridgehead atoms. The monoisotopic (exact) mass is 688 g/mol. The molecular weight excluding hydrogens is 648 g/mol. The number of carbonyl (C=O) groups excluding carboxylic acids is 5. The fourth-order valence-corrected chi connectivity index (χ4v) is 9.49. The Morgan fingerprint density at radius 3 is 2.34 bits per heavy atom. The summed E-state index contributed by atoms with van der Waals surface area (Å²) in [5.41, 5.74) is -5.73. The van der Waals surface area contributed by atoms with Crippen molar-refractivity contribution in [2.24, 2.45) is 22.2 Å². The van der Waals surface area contributed by atoms with Crippen LogP contribution in [0, 0.1) is 22.2 Å². The first-order valence-electron chi connectivity index (χ1n) is 17.2. The normalized spacial score (nSPS) is 33.0. The summed E-state index contributed by atoms with van der Waals surface area (Å²) >= 11 is 0. The van der Waals surface area contributed by atoms with Crippen molar-refractivity contribution < 1.29 is 52.8 Å². The molecule has 2 amide bonds. The van der Waals surface area contributed by atoms with Crippen LogP contribution in [0.15, 0.2) is 48.5 Å². The lowest BCUT2D eigenvalue weighted by molar-refractivity contribution is -0.212. The van der Waals surface area contributed by atoms with E-state index < -0.39 is 70.5 Å². The van der Waals surface area contributed by atoms with Crippen LogP contribution in [0.3, 0.4) is 0 Å². The number of carbonyl (C=O) groups is 5. The number of aliphatic hydroxyl groups is 1. The Labute approximate surface area is 288 Å². The van der Waals surface area contributed by atoms with Crippen LogP contribution < -0.4 is 9.47 Å². The van der Waals surface area contributed by atoms with Gasteiger partial charge in [-0.3, -0.25) is 19.2 Å². The first-order valence-corrected chi connectivity index (χ1v) is 17.2. The molecule has 6 aliphatic rings. The van der Waals surface area contributed by atoms with E-state index in [2.05, 4.69) is 0 Å². The second-order valence-corrected chi connectivity index (χ2v) is 15.3. The minimum Gasteiger partial charge on any atom is -0.486 e. The highest BCUT2D eigenvalue weighted by Crippen LogP contribution is 2.76. The summed E-state index contributed by atoms with van der Waals surface area (Å²) in [4.78, 5) is 72.0. The van der Waals surface area contributed by atoms with Gasteiger partial charge in [-0.05, 0) is 54.5 Å². The predicted octanol–water partition coefficient (Wildman–Crippen LogP) is 2.73. The Balaban J connectivity index is 1.10. The first-order chi connectivity index (χ1) is 23.8. The topological polar surface area (TPSA) is 158 Å². The molecule has 1 N–H and O–H groups in total. The number of likely N-dealkylation sites (tertiary alicyclic amines) is 2. The Hall–Kier alpha value is -4.65. The van der Waals surface area contributed by atoms with Gasteiger partial charge in [0, 0.05) is 31.6 Å². The van der Waals surface area contributed by atoms with Crippen molar-refractivity contribution in [3.63, 3.8) is 0 Å². The summed E-state index contributed by atoms with van der Waals surface area (Å²) in [5.74, 6) is -1.93. The molecule has 1 aliphatic carbocycles. The summed E-state index contributed by atoms with van der Waals surface area (Å²) in [7, 11) is 0. The van der Waals surface area contributed by atoms with Gasteiger partial charge in [0.15, 0.2) is 23.8 Å². The smallest absolute Gasteiger partial charge is 0.338 e. The van der Waals surface area contributed by atoms with Crippen LogP contribution in [-0.2, 0) is 28.6 Å². The minimum absolute atomic E-state index is 0.111. The van der Waals surface area contributed by atoms with E-state index in [1.54, 1.807) is 74.2 Å². The van der Waals surface area contributed by atoms with E-state index >= 15 is 0 Å². The number of esters is 3. The van der Waals surface area contributed by atoms with Crippen molar-refractivity contribution in [3.05, 3.63) is 59.7 Å². The molecule has 6 atom stereocenters. The third-order valence-electron chi connectivity index (χ3n) is 11.9. The van der Waals surface area contributed by atoms with Crippen LogP contribution in [-0.4, -0.2) is 102 Å². The highest BCUT2D eigenvalue weighted by Gasteiger charge is 2.93. The highest BCUT2D eigenvalue weighted by atomic mass is 16.6. The van der Waals surface area contributed by atoms with E-state index in [0.717, 1.165) is 0 Å². The van der Waals surface area contributed by atoms with Gasteiger partial charge in [0.05, 0.1) is 17.6 Å². The predicted molar refractivity (Wildman–Crippen MR) is 172 cm³/mol. The standard InChI is InChI=1S/C37H40N2O11/c1-34(2,3)36(45)18-26-35(19-27(40)48-26)33(44)50-32-37(35,36)28(49-31(43)22-7-5-4-6-8-22)30(42)39(32)20-21-11-13-38(14-12-21)29(41)23-9-10-24-25(17-23)47-16-15-46-24/h4-10,17,21,26,28,32,45H,11-16,18-20H2,1-3H3/t26-,28-,32-,35-,36+,37?/m0/s1. The summed E-state index contributed by atoms with van der Waals surface area (Å²) < 4.78 is 29.1. The van der Waals surface area contributed by atoms with E-state index in [9.17, 15) is 29.1 Å². The fraction of sp³-hybridized carbons (Fsp3) is 0.541. The maximum absolute atomic E-state index is 14.7. The van der Waals surface area contributed by atoms with Gasteiger partial charge in [-0.25, -0.2) is 4.79 Å². The number of ether oxygens (including phenoxy) is 5. The van der Waals surface area contributed by atoms with Gasteiger partial charge < -0.3 is 38.6 Å². The van der Waals surface area contributed by atoms with E-state index in [0.29, 0.717) is 56.2 Å². The number of hydrogen-bond donors (Lipinski definition) is 1. The Kier molecular flexibility index (Phi) is 7.28. The molecule has 264 valence electrons. The number of hydrogen-bond acceptors (Lipinski definition) is 11. The Morgan fingerprint density at radius 1 is 0.940 bits per heavy atom. The average molecular weight is 689 g/mol. The molecule has 5 fully saturated rings. The molecule has 5 heterocycles. The lowest BCUT2D eigenvalue weighted by atomic mass is 9.52. The number of fused-ring (bicyclic) bond motifs is 1. The van der Waals surface area contributed by atoms with Gasteiger partial charge in [0.2, 0.25) is 0 Å². The van der Waals surface area contributed by atoms with Gasteiger partial charge in [-0.2, -0.15) is 0 Å². The molecule has 0 aromatic heterocycles. The first kappa shape index (κ1) is 32.5. The number of rotatable bonds is 5. The molecule has 2 aromatic rings. The Morgan fingerprint density at radius 2 is 1.64 bits per heavy atom. The maximum atomic E-state index is 14.7. The number of benzene rings is 2. The minimum atomic E-state index is -1.84. The molecule has 13 nitrogen and oxygen atoms in total. The van der Waals surface area contributed by atoms with Crippen LogP contribution >= 0.6 is 0 Å². The van der Waals surface area contributed by atoms with Crippen LogP contribution in [0.25, 0.3) is 0 Å². The summed E-state index contributed by atoms with van der Waals surface area (Å²) in [5, 5.41) is 12.9. The lowest BCUT2D eigenvalue weighted by Gasteiger charge is -2.51. The second-order valence-electron chi connectivity index (χ2n) is 15.3. The molecule has 13 heteroatoms. The molecule has 1 saturated carbocycles. The number of amides is 2. The third kappa shape index (κ3) is 4.31. The van der Waals surface area contributed by atoms with Crippen molar-refractivity contribution in [2.75, 3.05) is 32.8 Å². The van der Waals surface area contributed by atoms with Crippen LogP contribution in [0.5, 0.6) is 11.5 Å². The maximum Gasteiger partial charge on any atom is 0.338 e. The van der Waals surface area contributed by atoms with Gasteiger partial charge in [0.1, 0.15) is 30.1 Å². The third-order valence-corrected chi connectivity index (χ3v) is 11.9. The van der Waals surface area contributed by atoms with Crippen molar-refractivity contribution in [2.45, 2.75) is 70.5 Å². The molecular formula is C37H40N2O11. The molecule has 0 radical (unpaired) electrons. The zero-order chi connectivity index (χ0) is 35.2. The lowest BCUT2D eigenvalue weighted by Crippen LogP contribution is -2.66. The molecule has 4 saturated heterocycles. The number of nitrogens with zero attached hydrogens (tertiary/aromatic N) is 2. The average Bonchev–Trinajstić information content (AvgIpc) is 3.72. The van der Waals surface area contributed by atoms with E-state index in [-0.39, 0.29) is 30.4 Å². The van der Waals surface area contributed by atoms with Crippen molar-refractivity contribution in [1.29, 1.82) is 0 Å². The van der Waals surface area contributed by atoms with Crippen molar-refractivity contribution in [1.82, 2.24) is 9.80 Å². The van der Waals surface area contributed by atoms with Gasteiger partial charge in [-0.1, -0.05) is 39.0 Å². The largest absolute Gasteiger partial charge is 0.486 e. The van der Waals surface area contributed by atoms with Crippen molar-refractivity contribution >= 4 is 29.7 Å². The number of piperidine rings is 1. The van der Waals surface area contributed by atoms with Crippen LogP contribution in [0.1, 0.15) is 67.2 Å². The SMILES string of the molecule is CC(C)(C)[C@]1(O)C[C@@H]2OC(=O)C[C@@]23C(=O)O[C@@H]2N(CC4CCN(C(=O)c5ccc6c(c5)OCCO6)CC4)C(=O)[C@H](OC(=O)c4ccccc4)C213. The zero-order valence-electron chi connectivity index (χ0n) is 28.2. The van der Waals surface area contributed by atoms with Gasteiger partial charge in [-0.15, -0.1) is 0 Å². The van der Waals surface area contributed by atoms with E-state index in [1.165, 1.54) is 4.90 Å². The summed E-state index contributed by atoms with van der Waals surface area (Å²) in [6.07, 6.45) is -3.50. The van der Waals surface area contributed by atoms with Gasteiger partial charge in [0.25, 0.3) is 11.8 Å². The second kappa shape index (κ2) is 11.2. The van der Waals surface area contributed by atoms with Crippen molar-refractivity contribution in [3.8, 4) is 11.5 Å². The molecule has 2 aromatic carbocycles. The molecule has 1 unspecified atom stereocenters.